The molecule has 5 heteroatoms. The van der Waals surface area contributed by atoms with Crippen molar-refractivity contribution in [2.24, 2.45) is 5.92 Å². The Balaban J connectivity index is 2.21. The number of rotatable bonds is 7. The highest BCUT2D eigenvalue weighted by atomic mass is 15.4. The van der Waals surface area contributed by atoms with Gasteiger partial charge in [-0.25, -0.2) is 9.97 Å². The molecule has 0 aliphatic heterocycles. The van der Waals surface area contributed by atoms with Crippen LogP contribution < -0.4 is 0 Å². The summed E-state index contributed by atoms with van der Waals surface area (Å²) in [5.74, 6) is 3.32. The number of hydrogen-bond acceptors (Lipinski definition) is 4. The van der Waals surface area contributed by atoms with Crippen LogP contribution in [0.15, 0.2) is 24.4 Å². The lowest BCUT2D eigenvalue weighted by molar-refractivity contribution is 0.398. The van der Waals surface area contributed by atoms with Gasteiger partial charge in [0.2, 0.25) is 0 Å². The smallest absolute Gasteiger partial charge is 0.155 e. The lowest BCUT2D eigenvalue weighted by Gasteiger charge is -2.09. The Morgan fingerprint density at radius 3 is 2.67 bits per heavy atom. The number of aromatic nitrogens is 4. The van der Waals surface area contributed by atoms with E-state index >= 15 is 0 Å². The van der Waals surface area contributed by atoms with E-state index in [-0.39, 0.29) is 0 Å². The third-order valence-electron chi connectivity index (χ3n) is 3.18. The van der Waals surface area contributed by atoms with E-state index in [0.29, 0.717) is 5.92 Å². The maximum Gasteiger partial charge on any atom is 0.155 e. The number of aryl methyl sites for hydroxylation is 1. The molecule has 0 atom stereocenters. The van der Waals surface area contributed by atoms with Crippen molar-refractivity contribution >= 4 is 0 Å². The second-order valence-corrected chi connectivity index (χ2v) is 6.05. The summed E-state index contributed by atoms with van der Waals surface area (Å²) in [6, 6.07) is 5.88. The normalized spacial score (nSPS) is 11.5. The average Bonchev–Trinajstić information content (AvgIpc) is 2.81. The van der Waals surface area contributed by atoms with Crippen LogP contribution >= 0.6 is 0 Å². The molecule has 0 saturated heterocycles. The molecule has 114 valence electrons. The van der Waals surface area contributed by atoms with Crippen LogP contribution in [0.2, 0.25) is 0 Å². The summed E-state index contributed by atoms with van der Waals surface area (Å²) in [7, 11) is 4.18. The fourth-order valence-corrected chi connectivity index (χ4v) is 2.22. The molecule has 2 aromatic heterocycles. The van der Waals surface area contributed by atoms with Crippen LogP contribution in [-0.4, -0.2) is 45.3 Å². The molecule has 0 spiro atoms. The van der Waals surface area contributed by atoms with Crippen molar-refractivity contribution in [3.63, 3.8) is 0 Å². The molecule has 0 aliphatic rings. The SMILES string of the molecule is CC(C)Cc1nc(CCCN(C)C)n(-c2ccccn2)n1. The van der Waals surface area contributed by atoms with Gasteiger partial charge in [-0.2, -0.15) is 4.68 Å². The molecule has 0 N–H and O–H groups in total. The Morgan fingerprint density at radius 2 is 2.05 bits per heavy atom. The van der Waals surface area contributed by atoms with E-state index in [1.165, 1.54) is 0 Å². The van der Waals surface area contributed by atoms with E-state index in [9.17, 15) is 0 Å². The zero-order valence-corrected chi connectivity index (χ0v) is 13.5. The first-order valence-corrected chi connectivity index (χ1v) is 7.57. The quantitative estimate of drug-likeness (QED) is 0.784. The van der Waals surface area contributed by atoms with Crippen LogP contribution in [0, 0.1) is 5.92 Å². The summed E-state index contributed by atoms with van der Waals surface area (Å²) >= 11 is 0. The minimum absolute atomic E-state index is 0.555. The molecule has 2 heterocycles. The third kappa shape index (κ3) is 4.63. The van der Waals surface area contributed by atoms with Gasteiger partial charge in [0.25, 0.3) is 0 Å². The van der Waals surface area contributed by atoms with Gasteiger partial charge in [-0.1, -0.05) is 19.9 Å². The number of nitrogens with zero attached hydrogens (tertiary/aromatic N) is 5. The van der Waals surface area contributed by atoms with E-state index in [1.807, 2.05) is 22.9 Å². The van der Waals surface area contributed by atoms with Gasteiger partial charge in [0.05, 0.1) is 0 Å². The van der Waals surface area contributed by atoms with Crippen LogP contribution in [0.5, 0.6) is 0 Å². The Labute approximate surface area is 127 Å². The monoisotopic (exact) mass is 287 g/mol. The first-order valence-electron chi connectivity index (χ1n) is 7.57. The van der Waals surface area contributed by atoms with Crippen molar-refractivity contribution < 1.29 is 0 Å². The highest BCUT2D eigenvalue weighted by Gasteiger charge is 2.13. The van der Waals surface area contributed by atoms with Gasteiger partial charge in [-0.05, 0) is 45.1 Å². The molecule has 0 amide bonds. The summed E-state index contributed by atoms with van der Waals surface area (Å²) in [6.45, 7) is 5.43. The third-order valence-corrected chi connectivity index (χ3v) is 3.18. The van der Waals surface area contributed by atoms with E-state index in [2.05, 4.69) is 42.9 Å². The molecule has 0 saturated carbocycles. The first kappa shape index (κ1) is 15.6. The maximum atomic E-state index is 4.72. The van der Waals surface area contributed by atoms with Gasteiger partial charge >= 0.3 is 0 Å². The topological polar surface area (TPSA) is 46.8 Å². The Morgan fingerprint density at radius 1 is 1.24 bits per heavy atom. The summed E-state index contributed by atoms with van der Waals surface area (Å²) in [5, 5.41) is 4.65. The molecule has 21 heavy (non-hydrogen) atoms. The van der Waals surface area contributed by atoms with Crippen molar-refractivity contribution in [2.75, 3.05) is 20.6 Å². The second kappa shape index (κ2) is 7.31. The molecule has 5 nitrogen and oxygen atoms in total. The zero-order chi connectivity index (χ0) is 15.2. The van der Waals surface area contributed by atoms with E-state index in [1.54, 1.807) is 6.20 Å². The average molecular weight is 287 g/mol. The van der Waals surface area contributed by atoms with Crippen LogP contribution in [0.3, 0.4) is 0 Å². The first-order chi connectivity index (χ1) is 10.1. The molecule has 0 unspecified atom stereocenters. The minimum atomic E-state index is 0.555. The molecule has 0 fully saturated rings. The molecular weight excluding hydrogens is 262 g/mol. The van der Waals surface area contributed by atoms with Gasteiger partial charge in [0.1, 0.15) is 5.82 Å². The lowest BCUT2D eigenvalue weighted by atomic mass is 10.1. The predicted octanol–water partition coefficient (Wildman–Crippen LogP) is 2.36. The summed E-state index contributed by atoms with van der Waals surface area (Å²) < 4.78 is 1.90. The second-order valence-electron chi connectivity index (χ2n) is 6.05. The molecule has 0 bridgehead atoms. The van der Waals surface area contributed by atoms with Gasteiger partial charge in [0.15, 0.2) is 11.6 Å². The number of hydrogen-bond donors (Lipinski definition) is 0. The maximum absolute atomic E-state index is 4.72. The van der Waals surface area contributed by atoms with Crippen molar-refractivity contribution in [3.8, 4) is 5.82 Å². The summed E-state index contributed by atoms with van der Waals surface area (Å²) in [6.07, 6.45) is 4.68. The Hall–Kier alpha value is -1.75. The number of pyridine rings is 1. The lowest BCUT2D eigenvalue weighted by Crippen LogP contribution is -2.14. The molecule has 0 aliphatic carbocycles. The van der Waals surface area contributed by atoms with Gasteiger partial charge < -0.3 is 4.90 Å². The fraction of sp³-hybridized carbons (Fsp3) is 0.562. The highest BCUT2D eigenvalue weighted by molar-refractivity contribution is 5.22. The zero-order valence-electron chi connectivity index (χ0n) is 13.5. The largest absolute Gasteiger partial charge is 0.309 e. The molecule has 2 aromatic rings. The van der Waals surface area contributed by atoms with E-state index < -0.39 is 0 Å². The van der Waals surface area contributed by atoms with Crippen LogP contribution in [0.1, 0.15) is 31.9 Å². The van der Waals surface area contributed by atoms with E-state index in [0.717, 1.165) is 43.3 Å². The Kier molecular flexibility index (Phi) is 5.44. The summed E-state index contributed by atoms with van der Waals surface area (Å²) in [5.41, 5.74) is 0. The standard InChI is InChI=1S/C16H25N5/c1-13(2)12-14-18-16(9-7-11-20(3)4)21(19-14)15-8-5-6-10-17-15/h5-6,8,10,13H,7,9,11-12H2,1-4H3. The van der Waals surface area contributed by atoms with Crippen LogP contribution in [-0.2, 0) is 12.8 Å². The van der Waals surface area contributed by atoms with Crippen LogP contribution in [0.25, 0.3) is 5.82 Å². The molecule has 0 radical (unpaired) electrons. The van der Waals surface area contributed by atoms with Crippen molar-refractivity contribution in [2.45, 2.75) is 33.1 Å². The van der Waals surface area contributed by atoms with Crippen LogP contribution in [0.4, 0.5) is 0 Å². The van der Waals surface area contributed by atoms with Gasteiger partial charge in [-0.3, -0.25) is 0 Å². The highest BCUT2D eigenvalue weighted by Crippen LogP contribution is 2.11. The molecule has 2 rings (SSSR count). The molecule has 0 aromatic carbocycles. The van der Waals surface area contributed by atoms with Crippen molar-refractivity contribution in [1.82, 2.24) is 24.6 Å². The van der Waals surface area contributed by atoms with Crippen molar-refractivity contribution in [1.29, 1.82) is 0 Å². The summed E-state index contributed by atoms with van der Waals surface area (Å²) in [4.78, 5) is 11.3. The Bertz CT molecular complexity index is 545. The fourth-order valence-electron chi connectivity index (χ4n) is 2.22. The minimum Gasteiger partial charge on any atom is -0.309 e. The molecular formula is C16H25N5. The van der Waals surface area contributed by atoms with E-state index in [4.69, 9.17) is 4.98 Å². The van der Waals surface area contributed by atoms with Gasteiger partial charge in [-0.15, -0.1) is 5.10 Å². The van der Waals surface area contributed by atoms with Gasteiger partial charge in [0, 0.05) is 19.0 Å². The predicted molar refractivity (Wildman–Crippen MR) is 84.6 cm³/mol. The van der Waals surface area contributed by atoms with Crippen molar-refractivity contribution in [3.05, 3.63) is 36.0 Å².